The van der Waals surface area contributed by atoms with Crippen LogP contribution >= 0.6 is 0 Å². The van der Waals surface area contributed by atoms with Crippen molar-refractivity contribution in [2.24, 2.45) is 60.3 Å². The van der Waals surface area contributed by atoms with Gasteiger partial charge in [0.25, 0.3) is 0 Å². The minimum Gasteiger partial charge on any atom is -0.682 e. The Morgan fingerprint density at radius 3 is 1.62 bits per heavy atom. The maximum Gasteiger partial charge on any atom is 0.0523 e. The monoisotopic (exact) mass is 931 g/mol. The number of hydrogen-bond donors (Lipinski definition) is 0. The standard InChI is InChI=1S/C45H60N4O14.Co/c1-21-36-24(10-13-30(52)53)41(3,4)28(47-36)18-27-23(9-12-29(50)51)43(6,19-34(60)61)39(46-27)22(2)37-25(11-14-31(54)55)44(7,20-35(62)63)45(8,49-37)40-26(17-33(58)59)42(5,38(21)48-40)16-15-32(56)57;/h18,23-26,40H,9-17,19-20H2,1-8H3,(H8,46,47,48,49,50,51,52,53,54,55,56,57,58,59,60,61,62,63);/p-8/t23-,24-,25-,26+,40-,42-,43+,44+,45+;/m1./s1. The first kappa shape index (κ1) is 51.5. The molecule has 5 aliphatic rings. The van der Waals surface area contributed by atoms with Gasteiger partial charge in [0, 0.05) is 115 Å². The zero-order valence-corrected chi connectivity index (χ0v) is 38.1. The van der Waals surface area contributed by atoms with Crippen LogP contribution in [0.15, 0.2) is 49.3 Å². The van der Waals surface area contributed by atoms with Crippen LogP contribution in [-0.2, 0) is 50.3 Å². The number of carbonyl (C=O) groups excluding carboxylic acids is 7. The third-order valence-electron chi connectivity index (χ3n) is 15.1. The number of aliphatic imine (C=N–C) groups is 3. The molecule has 0 spiro atoms. The first-order valence-corrected chi connectivity index (χ1v) is 21.1. The van der Waals surface area contributed by atoms with Crippen LogP contribution in [0.2, 0.25) is 0 Å². The van der Waals surface area contributed by atoms with Crippen LogP contribution in [0.5, 0.6) is 0 Å². The maximum absolute atomic E-state index is 12.9. The first-order chi connectivity index (χ1) is 29.0. The van der Waals surface area contributed by atoms with Crippen LogP contribution in [0.3, 0.4) is 0 Å². The van der Waals surface area contributed by atoms with E-state index in [1.54, 1.807) is 61.5 Å². The minimum absolute atomic E-state index is 0. The van der Waals surface area contributed by atoms with E-state index in [0.29, 0.717) is 17.0 Å². The molecule has 1 radical (unpaired) electrons. The van der Waals surface area contributed by atoms with Gasteiger partial charge in [-0.15, -0.1) is 0 Å². The van der Waals surface area contributed by atoms with E-state index in [4.69, 9.17) is 20.3 Å². The summed E-state index contributed by atoms with van der Waals surface area (Å²) < 4.78 is 0. The number of hydrogen-bond acceptors (Lipinski definition) is 17. The molecule has 9 atom stereocenters. The van der Waals surface area contributed by atoms with Gasteiger partial charge in [-0.25, -0.2) is 0 Å². The fourth-order valence-electron chi connectivity index (χ4n) is 11.6. The molecule has 0 N–H and O–H groups in total. The zero-order valence-electron chi connectivity index (χ0n) is 37.1. The second-order valence-electron chi connectivity index (χ2n) is 19.2. The van der Waals surface area contributed by atoms with Crippen molar-refractivity contribution in [1.29, 1.82) is 0 Å². The Bertz CT molecular complexity index is 2220. The van der Waals surface area contributed by atoms with Gasteiger partial charge in [0.05, 0.1) is 11.2 Å². The molecule has 0 amide bonds. The SMILES string of the molecule is C/C1=C2/[N-][C@H]([C@H](CC(=O)[O-])[C@@]2(C)CCC(=O)[O-])[C@]2(C)N=C(/C(C)=C3N=C(/C=C4N=C1[C@@H](CCC(=O)[O-])C\4(C)C)[C@@H](CCC(=O)[O-])[C@]\3(C)CC(=O)[O-])[C@@H](CCC(=O)[O-])[C@]2(C)CC(=O)[O-].[Co]. The molecule has 1 saturated heterocycles. The van der Waals surface area contributed by atoms with Crippen molar-refractivity contribution >= 4 is 58.9 Å². The van der Waals surface area contributed by atoms with Crippen molar-refractivity contribution in [3.63, 3.8) is 0 Å². The predicted octanol–water partition coefficient (Wildman–Crippen LogP) is -2.64. The number of carbonyl (C=O) groups is 7. The van der Waals surface area contributed by atoms with E-state index in [1.807, 2.05) is 0 Å². The Kier molecular flexibility index (Phi) is 14.8. The van der Waals surface area contributed by atoms with E-state index in [2.05, 4.69) is 0 Å². The molecular formula is C45H52CoN4O14-8. The largest absolute Gasteiger partial charge is 0.682 e. The Morgan fingerprint density at radius 1 is 0.609 bits per heavy atom. The Balaban J connectivity index is 0.00000898. The van der Waals surface area contributed by atoms with Crippen molar-refractivity contribution in [2.45, 2.75) is 138 Å². The average Bonchev–Trinajstić information content (AvgIpc) is 3.75. The van der Waals surface area contributed by atoms with Gasteiger partial charge < -0.3 is 74.6 Å². The molecule has 0 aliphatic carbocycles. The molecule has 0 saturated carbocycles. The molecule has 5 aliphatic heterocycles. The van der Waals surface area contributed by atoms with Gasteiger partial charge in [-0.3, -0.25) is 15.0 Å². The number of carboxylic acids is 7. The van der Waals surface area contributed by atoms with E-state index < -0.39 is 144 Å². The van der Waals surface area contributed by atoms with Crippen LogP contribution in [0, 0.1) is 45.3 Å². The molecule has 0 aromatic rings. The second-order valence-corrected chi connectivity index (χ2v) is 19.2. The molecule has 1 fully saturated rings. The summed E-state index contributed by atoms with van der Waals surface area (Å²) in [4.78, 5) is 102. The fourth-order valence-corrected chi connectivity index (χ4v) is 11.6. The van der Waals surface area contributed by atoms with Gasteiger partial charge in [-0.05, 0) is 120 Å². The number of rotatable bonds is 18. The number of allylic oxidation sites excluding steroid dienone is 6. The van der Waals surface area contributed by atoms with Gasteiger partial charge in [-0.2, -0.15) is 5.70 Å². The Labute approximate surface area is 381 Å². The topological polar surface area (TPSA) is 332 Å². The zero-order chi connectivity index (χ0) is 47.4. The molecule has 0 aromatic heterocycles. The van der Waals surface area contributed by atoms with Gasteiger partial charge in [-0.1, -0.05) is 40.7 Å². The van der Waals surface area contributed by atoms with Gasteiger partial charge in [0.1, 0.15) is 0 Å². The second kappa shape index (κ2) is 18.4. The van der Waals surface area contributed by atoms with Crippen molar-refractivity contribution in [2.75, 3.05) is 0 Å². The van der Waals surface area contributed by atoms with E-state index in [0.717, 1.165) is 0 Å². The number of aliphatic carboxylic acids is 7. The average molecular weight is 932 g/mol. The smallest absolute Gasteiger partial charge is 0.0523 e. The van der Waals surface area contributed by atoms with Crippen LogP contribution in [0.1, 0.15) is 126 Å². The minimum atomic E-state index is -1.77. The molecular weight excluding hydrogens is 879 g/mol. The summed E-state index contributed by atoms with van der Waals surface area (Å²) >= 11 is 0. The number of nitrogens with zero attached hydrogens (tertiary/aromatic N) is 4. The molecule has 8 bridgehead atoms. The normalized spacial score (nSPS) is 35.6. The van der Waals surface area contributed by atoms with Crippen molar-refractivity contribution in [3.8, 4) is 0 Å². The quantitative estimate of drug-likeness (QED) is 0.136. The summed E-state index contributed by atoms with van der Waals surface area (Å²) in [6.45, 7) is 13.1. The predicted molar refractivity (Wildman–Crippen MR) is 209 cm³/mol. The van der Waals surface area contributed by atoms with Crippen LogP contribution < -0.4 is 35.7 Å². The molecule has 18 nitrogen and oxygen atoms in total. The molecule has 5 heterocycles. The Hall–Kier alpha value is -5.17. The molecule has 353 valence electrons. The molecule has 64 heavy (non-hydrogen) atoms. The summed E-state index contributed by atoms with van der Waals surface area (Å²) in [6, 6.07) is -1.29. The maximum atomic E-state index is 12.9. The van der Waals surface area contributed by atoms with E-state index in [9.17, 15) is 69.3 Å². The molecule has 5 rings (SSSR count). The summed E-state index contributed by atoms with van der Waals surface area (Å²) in [7, 11) is 0. The van der Waals surface area contributed by atoms with Crippen LogP contribution in [0.25, 0.3) is 5.32 Å². The van der Waals surface area contributed by atoms with Crippen molar-refractivity contribution < 1.29 is 86.1 Å². The van der Waals surface area contributed by atoms with Gasteiger partial charge in [0.15, 0.2) is 0 Å². The third-order valence-corrected chi connectivity index (χ3v) is 15.1. The molecule has 0 aromatic carbocycles. The van der Waals surface area contributed by atoms with E-state index in [-0.39, 0.29) is 70.9 Å². The summed E-state index contributed by atoms with van der Waals surface area (Å²) in [6.07, 6.45) is -3.43. The molecule has 0 unspecified atom stereocenters. The summed E-state index contributed by atoms with van der Waals surface area (Å²) in [5, 5.41) is 91.9. The van der Waals surface area contributed by atoms with Crippen molar-refractivity contribution in [1.82, 2.24) is 0 Å². The van der Waals surface area contributed by atoms with Gasteiger partial charge >= 0.3 is 0 Å². The fraction of sp³-hybridized carbons (Fsp3) is 0.644. The van der Waals surface area contributed by atoms with E-state index in [1.165, 1.54) is 0 Å². The van der Waals surface area contributed by atoms with Gasteiger partial charge in [0.2, 0.25) is 0 Å². The third kappa shape index (κ3) is 9.06. The molecule has 19 heteroatoms. The van der Waals surface area contributed by atoms with E-state index >= 15 is 0 Å². The first-order valence-electron chi connectivity index (χ1n) is 21.1. The number of carboxylic acid groups (broad SMARTS) is 7. The van der Waals surface area contributed by atoms with Crippen LogP contribution in [0.4, 0.5) is 0 Å². The summed E-state index contributed by atoms with van der Waals surface area (Å²) in [5.74, 6) is -14.3. The number of fused-ring (bicyclic) bond motifs is 6. The Morgan fingerprint density at radius 2 is 1.12 bits per heavy atom. The summed E-state index contributed by atoms with van der Waals surface area (Å²) in [5.41, 5.74) is -5.59. The van der Waals surface area contributed by atoms with Crippen LogP contribution in [-0.4, -0.2) is 70.5 Å². The van der Waals surface area contributed by atoms with Crippen molar-refractivity contribution in [3.05, 3.63) is 39.6 Å².